The van der Waals surface area contributed by atoms with Gasteiger partial charge in [-0.15, -0.1) is 0 Å². The van der Waals surface area contributed by atoms with Crippen LogP contribution in [-0.2, 0) is 0 Å². The molecule has 0 saturated carbocycles. The average molecular weight is 276 g/mol. The molecular weight excluding hydrogens is 258 g/mol. The van der Waals surface area contributed by atoms with E-state index in [4.69, 9.17) is 11.6 Å². The first kappa shape index (κ1) is 13.9. The highest BCUT2D eigenvalue weighted by molar-refractivity contribution is 6.31. The SMILES string of the molecule is Cc1ccc(N(C)c2ccc(C(C)O)c(Cl)c2)cc1. The van der Waals surface area contributed by atoms with Crippen molar-refractivity contribution in [2.45, 2.75) is 20.0 Å². The van der Waals surface area contributed by atoms with Crippen LogP contribution in [0.2, 0.25) is 5.02 Å². The van der Waals surface area contributed by atoms with Crippen molar-refractivity contribution in [3.63, 3.8) is 0 Å². The first-order chi connectivity index (χ1) is 8.99. The lowest BCUT2D eigenvalue weighted by atomic mass is 10.1. The van der Waals surface area contributed by atoms with Crippen LogP contribution in [0.4, 0.5) is 11.4 Å². The number of benzene rings is 2. The van der Waals surface area contributed by atoms with E-state index >= 15 is 0 Å². The van der Waals surface area contributed by atoms with E-state index in [1.165, 1.54) is 5.56 Å². The molecule has 3 heteroatoms. The second-order valence-corrected chi connectivity index (χ2v) is 5.18. The highest BCUT2D eigenvalue weighted by Crippen LogP contribution is 2.30. The van der Waals surface area contributed by atoms with Gasteiger partial charge in [0, 0.05) is 23.4 Å². The van der Waals surface area contributed by atoms with E-state index in [1.54, 1.807) is 6.92 Å². The summed E-state index contributed by atoms with van der Waals surface area (Å²) in [6.45, 7) is 3.78. The smallest absolute Gasteiger partial charge is 0.0776 e. The molecule has 0 aromatic heterocycles. The minimum atomic E-state index is -0.550. The molecule has 19 heavy (non-hydrogen) atoms. The van der Waals surface area contributed by atoms with Crippen LogP contribution in [0.25, 0.3) is 0 Å². The number of aryl methyl sites for hydroxylation is 1. The zero-order chi connectivity index (χ0) is 14.0. The summed E-state index contributed by atoms with van der Waals surface area (Å²) in [5, 5.41) is 10.2. The molecule has 0 aliphatic rings. The van der Waals surface area contributed by atoms with Crippen molar-refractivity contribution in [3.05, 3.63) is 58.6 Å². The molecule has 0 radical (unpaired) electrons. The van der Waals surface area contributed by atoms with Gasteiger partial charge in [0.05, 0.1) is 6.10 Å². The van der Waals surface area contributed by atoms with Crippen molar-refractivity contribution in [1.82, 2.24) is 0 Å². The number of hydrogen-bond acceptors (Lipinski definition) is 2. The minimum absolute atomic E-state index is 0.550. The lowest BCUT2D eigenvalue weighted by molar-refractivity contribution is 0.199. The topological polar surface area (TPSA) is 23.5 Å². The number of halogens is 1. The van der Waals surface area contributed by atoms with Gasteiger partial charge in [0.1, 0.15) is 0 Å². The van der Waals surface area contributed by atoms with Gasteiger partial charge in [-0.05, 0) is 43.7 Å². The quantitative estimate of drug-likeness (QED) is 0.893. The summed E-state index contributed by atoms with van der Waals surface area (Å²) in [6.07, 6.45) is -0.550. The Balaban J connectivity index is 2.31. The molecule has 0 bridgehead atoms. The Hall–Kier alpha value is -1.51. The molecule has 0 fully saturated rings. The Kier molecular flexibility index (Phi) is 4.13. The largest absolute Gasteiger partial charge is 0.389 e. The van der Waals surface area contributed by atoms with Crippen molar-refractivity contribution in [2.24, 2.45) is 0 Å². The molecule has 2 aromatic carbocycles. The maximum absolute atomic E-state index is 9.58. The van der Waals surface area contributed by atoms with Crippen LogP contribution in [0.3, 0.4) is 0 Å². The van der Waals surface area contributed by atoms with Gasteiger partial charge in [-0.25, -0.2) is 0 Å². The molecule has 0 saturated heterocycles. The van der Waals surface area contributed by atoms with E-state index < -0.39 is 6.10 Å². The molecular formula is C16H18ClNO. The van der Waals surface area contributed by atoms with E-state index in [-0.39, 0.29) is 0 Å². The van der Waals surface area contributed by atoms with Gasteiger partial charge in [0.25, 0.3) is 0 Å². The average Bonchev–Trinajstić information content (AvgIpc) is 2.38. The van der Waals surface area contributed by atoms with Crippen LogP contribution >= 0.6 is 11.6 Å². The summed E-state index contributed by atoms with van der Waals surface area (Å²) in [5.74, 6) is 0. The number of anilines is 2. The van der Waals surface area contributed by atoms with E-state index in [0.717, 1.165) is 16.9 Å². The number of aliphatic hydroxyl groups is 1. The third-order valence-electron chi connectivity index (χ3n) is 3.24. The van der Waals surface area contributed by atoms with E-state index in [1.807, 2.05) is 25.2 Å². The fraction of sp³-hybridized carbons (Fsp3) is 0.250. The zero-order valence-electron chi connectivity index (χ0n) is 11.4. The number of rotatable bonds is 3. The molecule has 0 aliphatic heterocycles. The lowest BCUT2D eigenvalue weighted by Gasteiger charge is -2.21. The predicted octanol–water partition coefficient (Wildman–Crippen LogP) is 4.47. The molecule has 1 N–H and O–H groups in total. The molecule has 1 atom stereocenters. The monoisotopic (exact) mass is 275 g/mol. The summed E-state index contributed by atoms with van der Waals surface area (Å²) in [5.41, 5.74) is 4.09. The number of nitrogens with zero attached hydrogens (tertiary/aromatic N) is 1. The van der Waals surface area contributed by atoms with Crippen molar-refractivity contribution < 1.29 is 5.11 Å². The van der Waals surface area contributed by atoms with Crippen LogP contribution in [-0.4, -0.2) is 12.2 Å². The van der Waals surface area contributed by atoms with Crippen LogP contribution in [0.15, 0.2) is 42.5 Å². The summed E-state index contributed by atoms with van der Waals surface area (Å²) in [4.78, 5) is 2.07. The van der Waals surface area contributed by atoms with Gasteiger partial charge >= 0.3 is 0 Å². The number of hydrogen-bond donors (Lipinski definition) is 1. The second-order valence-electron chi connectivity index (χ2n) is 4.78. The Morgan fingerprint density at radius 2 is 1.63 bits per heavy atom. The molecule has 2 aromatic rings. The highest BCUT2D eigenvalue weighted by Gasteiger charge is 2.10. The van der Waals surface area contributed by atoms with Gasteiger partial charge in [-0.2, -0.15) is 0 Å². The minimum Gasteiger partial charge on any atom is -0.389 e. The Bertz CT molecular complexity index is 563. The molecule has 0 aliphatic carbocycles. The number of aliphatic hydroxyl groups excluding tert-OH is 1. The molecule has 1 unspecified atom stereocenters. The van der Waals surface area contributed by atoms with Crippen molar-refractivity contribution in [1.29, 1.82) is 0 Å². The second kappa shape index (κ2) is 5.64. The normalized spacial score (nSPS) is 12.3. The van der Waals surface area contributed by atoms with Crippen LogP contribution in [0.5, 0.6) is 0 Å². The highest BCUT2D eigenvalue weighted by atomic mass is 35.5. The van der Waals surface area contributed by atoms with Gasteiger partial charge in [0.15, 0.2) is 0 Å². The Morgan fingerprint density at radius 1 is 1.05 bits per heavy atom. The van der Waals surface area contributed by atoms with Gasteiger partial charge in [0.2, 0.25) is 0 Å². The molecule has 0 heterocycles. The maximum Gasteiger partial charge on any atom is 0.0776 e. The third-order valence-corrected chi connectivity index (χ3v) is 3.57. The lowest BCUT2D eigenvalue weighted by Crippen LogP contribution is -2.09. The molecule has 0 spiro atoms. The van der Waals surface area contributed by atoms with E-state index in [9.17, 15) is 5.11 Å². The standard InChI is InChI=1S/C16H18ClNO/c1-11-4-6-13(7-5-11)18(3)14-8-9-15(12(2)19)16(17)10-14/h4-10,12,19H,1-3H3. The zero-order valence-corrected chi connectivity index (χ0v) is 12.1. The van der Waals surface area contributed by atoms with E-state index in [0.29, 0.717) is 5.02 Å². The predicted molar refractivity (Wildman–Crippen MR) is 81.3 cm³/mol. The first-order valence-corrected chi connectivity index (χ1v) is 6.64. The fourth-order valence-electron chi connectivity index (χ4n) is 1.98. The summed E-state index contributed by atoms with van der Waals surface area (Å²) >= 11 is 6.19. The Morgan fingerprint density at radius 3 is 2.16 bits per heavy atom. The van der Waals surface area contributed by atoms with Crippen molar-refractivity contribution in [2.75, 3.05) is 11.9 Å². The maximum atomic E-state index is 9.58. The van der Waals surface area contributed by atoms with Crippen LogP contribution in [0.1, 0.15) is 24.2 Å². The van der Waals surface area contributed by atoms with Crippen LogP contribution < -0.4 is 4.90 Å². The Labute approximate surface area is 119 Å². The summed E-state index contributed by atoms with van der Waals surface area (Å²) in [7, 11) is 2.00. The van der Waals surface area contributed by atoms with Gasteiger partial charge in [-0.1, -0.05) is 35.4 Å². The molecule has 0 amide bonds. The summed E-state index contributed by atoms with van der Waals surface area (Å²) < 4.78 is 0. The van der Waals surface area contributed by atoms with Crippen LogP contribution in [0, 0.1) is 6.92 Å². The molecule has 2 rings (SSSR count). The third kappa shape index (κ3) is 3.09. The van der Waals surface area contributed by atoms with Crippen molar-refractivity contribution in [3.8, 4) is 0 Å². The van der Waals surface area contributed by atoms with Crippen molar-refractivity contribution >= 4 is 23.0 Å². The molecule has 2 nitrogen and oxygen atoms in total. The van der Waals surface area contributed by atoms with Gasteiger partial charge < -0.3 is 10.0 Å². The summed E-state index contributed by atoms with van der Waals surface area (Å²) in [6, 6.07) is 14.0. The van der Waals surface area contributed by atoms with Gasteiger partial charge in [-0.3, -0.25) is 0 Å². The first-order valence-electron chi connectivity index (χ1n) is 6.27. The van der Waals surface area contributed by atoms with E-state index in [2.05, 4.69) is 36.1 Å². The molecule has 100 valence electrons. The fourth-order valence-corrected chi connectivity index (χ4v) is 2.31.